The van der Waals surface area contributed by atoms with Crippen LogP contribution in [0.5, 0.6) is 0 Å². The Hall–Kier alpha value is -0.160. The molecule has 1 saturated heterocycles. The van der Waals surface area contributed by atoms with Crippen LogP contribution in [0.2, 0.25) is 0 Å². The molecule has 4 nitrogen and oxygen atoms in total. The van der Waals surface area contributed by atoms with Gasteiger partial charge in [0.1, 0.15) is 0 Å². The van der Waals surface area contributed by atoms with Crippen molar-refractivity contribution in [3.05, 3.63) is 0 Å². The highest BCUT2D eigenvalue weighted by atomic mass is 16.7. The van der Waals surface area contributed by atoms with Crippen molar-refractivity contribution in [3.8, 4) is 0 Å². The van der Waals surface area contributed by atoms with E-state index in [1.165, 1.54) is 0 Å². The molecule has 1 heterocycles. The van der Waals surface area contributed by atoms with Crippen LogP contribution in [0.3, 0.4) is 0 Å². The van der Waals surface area contributed by atoms with Gasteiger partial charge in [0, 0.05) is 12.5 Å². The zero-order valence-corrected chi connectivity index (χ0v) is 7.98. The molecule has 0 amide bonds. The summed E-state index contributed by atoms with van der Waals surface area (Å²) in [6, 6.07) is 0. The van der Waals surface area contributed by atoms with Gasteiger partial charge in [-0.15, -0.1) is 0 Å². The van der Waals surface area contributed by atoms with Crippen molar-refractivity contribution in [2.75, 3.05) is 19.8 Å². The maximum Gasteiger partial charge on any atom is 0.163 e. The summed E-state index contributed by atoms with van der Waals surface area (Å²) >= 11 is 0. The zero-order valence-electron chi connectivity index (χ0n) is 7.98. The van der Waals surface area contributed by atoms with Crippen molar-refractivity contribution in [2.24, 2.45) is 5.92 Å². The van der Waals surface area contributed by atoms with Crippen molar-refractivity contribution in [2.45, 2.75) is 32.2 Å². The average molecular weight is 190 g/mol. The molecule has 0 unspecified atom stereocenters. The van der Waals surface area contributed by atoms with Crippen LogP contribution < -0.4 is 0 Å². The third-order valence-corrected chi connectivity index (χ3v) is 2.37. The lowest BCUT2D eigenvalue weighted by molar-refractivity contribution is -0.122. The molecular weight excluding hydrogens is 172 g/mol. The van der Waals surface area contributed by atoms with Crippen molar-refractivity contribution in [1.82, 2.24) is 0 Å². The van der Waals surface area contributed by atoms with Gasteiger partial charge >= 0.3 is 0 Å². The number of hydrogen-bond acceptors (Lipinski definition) is 4. The predicted molar refractivity (Wildman–Crippen MR) is 47.2 cm³/mol. The molecule has 0 bridgehead atoms. The highest BCUT2D eigenvalue weighted by molar-refractivity contribution is 4.73. The quantitative estimate of drug-likeness (QED) is 0.647. The minimum atomic E-state index is -0.449. The van der Waals surface area contributed by atoms with Gasteiger partial charge in [-0.1, -0.05) is 6.92 Å². The van der Waals surface area contributed by atoms with E-state index in [0.717, 1.165) is 0 Å². The molecule has 13 heavy (non-hydrogen) atoms. The first kappa shape index (κ1) is 10.9. The molecule has 0 aliphatic carbocycles. The van der Waals surface area contributed by atoms with E-state index < -0.39 is 6.10 Å². The molecule has 1 rings (SSSR count). The summed E-state index contributed by atoms with van der Waals surface area (Å²) in [4.78, 5) is 0. The Labute approximate surface area is 78.5 Å². The first-order chi connectivity index (χ1) is 6.29. The van der Waals surface area contributed by atoms with Crippen LogP contribution in [-0.2, 0) is 9.47 Å². The Bertz CT molecular complexity index is 134. The second kappa shape index (κ2) is 5.54. The smallest absolute Gasteiger partial charge is 0.163 e. The Morgan fingerprint density at radius 2 is 2.00 bits per heavy atom. The molecule has 0 saturated carbocycles. The van der Waals surface area contributed by atoms with E-state index in [0.29, 0.717) is 26.1 Å². The van der Waals surface area contributed by atoms with E-state index in [2.05, 4.69) is 0 Å². The average Bonchev–Trinajstić information content (AvgIpc) is 2.65. The summed E-state index contributed by atoms with van der Waals surface area (Å²) in [5.74, 6) is -0.0995. The molecule has 0 aromatic rings. The van der Waals surface area contributed by atoms with Gasteiger partial charge in [-0.3, -0.25) is 0 Å². The number of aliphatic hydroxyl groups is 2. The third-order valence-electron chi connectivity index (χ3n) is 2.37. The molecule has 2 N–H and O–H groups in total. The van der Waals surface area contributed by atoms with E-state index in [9.17, 15) is 5.11 Å². The van der Waals surface area contributed by atoms with Crippen LogP contribution >= 0.6 is 0 Å². The van der Waals surface area contributed by atoms with E-state index in [1.807, 2.05) is 6.92 Å². The molecule has 4 heteroatoms. The lowest BCUT2D eigenvalue weighted by atomic mass is 9.96. The summed E-state index contributed by atoms with van der Waals surface area (Å²) in [5, 5.41) is 18.5. The predicted octanol–water partition coefficient (Wildman–Crippen LogP) is 0.129. The fourth-order valence-corrected chi connectivity index (χ4v) is 1.59. The van der Waals surface area contributed by atoms with Gasteiger partial charge in [-0.05, 0) is 12.8 Å². The molecule has 0 aromatic heterocycles. The van der Waals surface area contributed by atoms with Crippen LogP contribution in [0, 0.1) is 5.92 Å². The van der Waals surface area contributed by atoms with Gasteiger partial charge in [-0.2, -0.15) is 0 Å². The molecule has 0 spiro atoms. The van der Waals surface area contributed by atoms with Gasteiger partial charge in [0.05, 0.1) is 19.3 Å². The summed E-state index contributed by atoms with van der Waals surface area (Å²) < 4.78 is 10.6. The van der Waals surface area contributed by atoms with Crippen molar-refractivity contribution in [3.63, 3.8) is 0 Å². The first-order valence-corrected chi connectivity index (χ1v) is 4.81. The Morgan fingerprint density at radius 3 is 2.46 bits per heavy atom. The number of aliphatic hydroxyl groups excluding tert-OH is 2. The van der Waals surface area contributed by atoms with Crippen LogP contribution in [0.15, 0.2) is 0 Å². The Morgan fingerprint density at radius 1 is 1.38 bits per heavy atom. The minimum absolute atomic E-state index is 0.0605. The largest absolute Gasteiger partial charge is 0.396 e. The molecule has 0 aromatic carbocycles. The zero-order chi connectivity index (χ0) is 9.68. The fraction of sp³-hybridized carbons (Fsp3) is 1.00. The highest BCUT2D eigenvalue weighted by Gasteiger charge is 2.31. The van der Waals surface area contributed by atoms with Crippen LogP contribution in [0.4, 0.5) is 0 Å². The summed E-state index contributed by atoms with van der Waals surface area (Å²) in [7, 11) is 0. The van der Waals surface area contributed by atoms with Gasteiger partial charge in [0.15, 0.2) is 6.29 Å². The van der Waals surface area contributed by atoms with E-state index in [1.54, 1.807) is 0 Å². The normalized spacial score (nSPS) is 23.3. The molecule has 2 atom stereocenters. The molecule has 1 fully saturated rings. The highest BCUT2D eigenvalue weighted by Crippen LogP contribution is 2.22. The van der Waals surface area contributed by atoms with Crippen molar-refractivity contribution >= 4 is 0 Å². The number of rotatable bonds is 5. The van der Waals surface area contributed by atoms with E-state index in [-0.39, 0.29) is 18.8 Å². The SMILES string of the molecule is CC[C@@H](O)[C@H](CCO)C1OCCO1. The Kier molecular flexibility index (Phi) is 4.66. The number of ether oxygens (including phenoxy) is 2. The summed E-state index contributed by atoms with van der Waals surface area (Å²) in [5.41, 5.74) is 0. The lowest BCUT2D eigenvalue weighted by Gasteiger charge is -2.25. The van der Waals surface area contributed by atoms with Crippen LogP contribution in [0.25, 0.3) is 0 Å². The minimum Gasteiger partial charge on any atom is -0.396 e. The first-order valence-electron chi connectivity index (χ1n) is 4.81. The lowest BCUT2D eigenvalue weighted by Crippen LogP contribution is -2.33. The maximum atomic E-state index is 9.64. The van der Waals surface area contributed by atoms with Gasteiger partial charge in [0.25, 0.3) is 0 Å². The van der Waals surface area contributed by atoms with E-state index in [4.69, 9.17) is 14.6 Å². The molecular formula is C9H18O4. The van der Waals surface area contributed by atoms with Gasteiger partial charge in [-0.25, -0.2) is 0 Å². The summed E-state index contributed by atoms with van der Waals surface area (Å²) in [6.45, 7) is 3.14. The van der Waals surface area contributed by atoms with Gasteiger partial charge < -0.3 is 19.7 Å². The molecule has 0 radical (unpaired) electrons. The third kappa shape index (κ3) is 2.91. The van der Waals surface area contributed by atoms with Gasteiger partial charge in [0.2, 0.25) is 0 Å². The van der Waals surface area contributed by atoms with Crippen molar-refractivity contribution < 1.29 is 19.7 Å². The number of hydrogen-bond donors (Lipinski definition) is 2. The fourth-order valence-electron chi connectivity index (χ4n) is 1.59. The maximum absolute atomic E-state index is 9.64. The van der Waals surface area contributed by atoms with Crippen LogP contribution in [0.1, 0.15) is 19.8 Å². The standard InChI is InChI=1S/C9H18O4/c1-2-8(11)7(3-4-10)9-12-5-6-13-9/h7-11H,2-6H2,1H3/t7-,8+/m0/s1. The second-order valence-electron chi connectivity index (χ2n) is 3.26. The molecule has 1 aliphatic rings. The monoisotopic (exact) mass is 190 g/mol. The topological polar surface area (TPSA) is 58.9 Å². The van der Waals surface area contributed by atoms with E-state index >= 15 is 0 Å². The Balaban J connectivity index is 2.44. The second-order valence-corrected chi connectivity index (χ2v) is 3.26. The van der Waals surface area contributed by atoms with Crippen molar-refractivity contribution in [1.29, 1.82) is 0 Å². The molecule has 78 valence electrons. The van der Waals surface area contributed by atoms with Crippen LogP contribution in [-0.4, -0.2) is 42.4 Å². The summed E-state index contributed by atoms with van der Waals surface area (Å²) in [6.07, 6.45) is 0.408. The molecule has 1 aliphatic heterocycles.